The van der Waals surface area contributed by atoms with Gasteiger partial charge in [-0.15, -0.1) is 0 Å². The third kappa shape index (κ3) is 5.07. The van der Waals surface area contributed by atoms with E-state index in [9.17, 15) is 19.5 Å². The second-order valence-corrected chi connectivity index (χ2v) is 7.43. The summed E-state index contributed by atoms with van der Waals surface area (Å²) in [7, 11) is 0. The molecule has 148 valence electrons. The molecular weight excluding hydrogens is 348 g/mol. The quantitative estimate of drug-likeness (QED) is 0.672. The van der Waals surface area contributed by atoms with Gasteiger partial charge in [-0.05, 0) is 37.3 Å². The number of hydrogen-bond donors (Lipinski definition) is 3. The standard InChI is InChI=1S/C20H28N2O5/c1-13(2)16(22-17(23)15-7-5-4-6-14(15)3)18(24)21-12-20(19(25)26)8-10-27-11-9-20/h4-7,13,16H,8-12H2,1-3H3,(H,21,24)(H,22,23)(H,25,26). The largest absolute Gasteiger partial charge is 0.481 e. The van der Waals surface area contributed by atoms with Crippen LogP contribution in [0.2, 0.25) is 0 Å². The Morgan fingerprint density at radius 2 is 1.81 bits per heavy atom. The van der Waals surface area contributed by atoms with Gasteiger partial charge in [-0.1, -0.05) is 32.0 Å². The van der Waals surface area contributed by atoms with Gasteiger partial charge in [-0.3, -0.25) is 14.4 Å². The summed E-state index contributed by atoms with van der Waals surface area (Å²) in [6, 6.07) is 6.41. The maximum Gasteiger partial charge on any atom is 0.311 e. The fourth-order valence-corrected chi connectivity index (χ4v) is 3.18. The highest BCUT2D eigenvalue weighted by atomic mass is 16.5. The second-order valence-electron chi connectivity index (χ2n) is 7.43. The number of hydrogen-bond acceptors (Lipinski definition) is 4. The number of carbonyl (C=O) groups is 3. The van der Waals surface area contributed by atoms with Gasteiger partial charge in [0.1, 0.15) is 6.04 Å². The minimum atomic E-state index is -1.02. The van der Waals surface area contributed by atoms with Crippen LogP contribution < -0.4 is 10.6 Å². The molecule has 0 aliphatic carbocycles. The van der Waals surface area contributed by atoms with Crippen LogP contribution in [-0.4, -0.2) is 48.7 Å². The van der Waals surface area contributed by atoms with Crippen molar-refractivity contribution in [3.8, 4) is 0 Å². The summed E-state index contributed by atoms with van der Waals surface area (Å²) in [5.74, 6) is -1.77. The van der Waals surface area contributed by atoms with Crippen LogP contribution in [0.15, 0.2) is 24.3 Å². The van der Waals surface area contributed by atoms with Crippen molar-refractivity contribution >= 4 is 17.8 Å². The van der Waals surface area contributed by atoms with Gasteiger partial charge in [0.2, 0.25) is 5.91 Å². The maximum atomic E-state index is 12.7. The van der Waals surface area contributed by atoms with E-state index in [1.807, 2.05) is 32.9 Å². The first-order valence-corrected chi connectivity index (χ1v) is 9.22. The topological polar surface area (TPSA) is 105 Å². The fourth-order valence-electron chi connectivity index (χ4n) is 3.18. The molecule has 0 aromatic heterocycles. The number of nitrogens with one attached hydrogen (secondary N) is 2. The summed E-state index contributed by atoms with van der Waals surface area (Å²) < 4.78 is 5.25. The zero-order valence-electron chi connectivity index (χ0n) is 16.1. The van der Waals surface area contributed by atoms with E-state index in [0.29, 0.717) is 31.6 Å². The van der Waals surface area contributed by atoms with Gasteiger partial charge >= 0.3 is 5.97 Å². The molecule has 2 amide bonds. The van der Waals surface area contributed by atoms with E-state index >= 15 is 0 Å². The summed E-state index contributed by atoms with van der Waals surface area (Å²) >= 11 is 0. The SMILES string of the molecule is Cc1ccccc1C(=O)NC(C(=O)NCC1(C(=O)O)CCOCC1)C(C)C. The van der Waals surface area contributed by atoms with E-state index < -0.39 is 17.4 Å². The van der Waals surface area contributed by atoms with E-state index in [1.165, 1.54) is 0 Å². The number of aryl methyl sites for hydroxylation is 1. The molecule has 27 heavy (non-hydrogen) atoms. The van der Waals surface area contributed by atoms with Crippen LogP contribution in [0.3, 0.4) is 0 Å². The third-order valence-electron chi connectivity index (χ3n) is 5.13. The molecule has 1 aromatic rings. The number of carbonyl (C=O) groups excluding carboxylic acids is 2. The Kier molecular flexibility index (Phi) is 6.96. The highest BCUT2D eigenvalue weighted by molar-refractivity contribution is 5.98. The van der Waals surface area contributed by atoms with Crippen molar-refractivity contribution in [3.05, 3.63) is 35.4 Å². The predicted molar refractivity (Wildman–Crippen MR) is 100 cm³/mol. The zero-order valence-corrected chi connectivity index (χ0v) is 16.1. The molecule has 1 atom stereocenters. The summed E-state index contributed by atoms with van der Waals surface area (Å²) in [5, 5.41) is 15.1. The van der Waals surface area contributed by atoms with Crippen molar-refractivity contribution in [1.82, 2.24) is 10.6 Å². The van der Waals surface area contributed by atoms with Crippen molar-refractivity contribution in [2.24, 2.45) is 11.3 Å². The number of rotatable bonds is 7. The smallest absolute Gasteiger partial charge is 0.311 e. The molecule has 0 bridgehead atoms. The average molecular weight is 376 g/mol. The van der Waals surface area contributed by atoms with Crippen LogP contribution in [0.4, 0.5) is 0 Å². The van der Waals surface area contributed by atoms with Crippen molar-refractivity contribution in [1.29, 1.82) is 0 Å². The predicted octanol–water partition coefficient (Wildman–Crippen LogP) is 1.75. The minimum Gasteiger partial charge on any atom is -0.481 e. The number of ether oxygens (including phenoxy) is 1. The molecule has 1 unspecified atom stereocenters. The van der Waals surface area contributed by atoms with Gasteiger partial charge < -0.3 is 20.5 Å². The lowest BCUT2D eigenvalue weighted by Gasteiger charge is -2.34. The van der Waals surface area contributed by atoms with Crippen molar-refractivity contribution in [3.63, 3.8) is 0 Å². The monoisotopic (exact) mass is 376 g/mol. The molecule has 1 heterocycles. The van der Waals surface area contributed by atoms with Gasteiger partial charge in [0, 0.05) is 25.3 Å². The van der Waals surface area contributed by atoms with Gasteiger partial charge in [-0.2, -0.15) is 0 Å². The molecule has 7 nitrogen and oxygen atoms in total. The number of carboxylic acids is 1. The third-order valence-corrected chi connectivity index (χ3v) is 5.13. The molecule has 1 saturated heterocycles. The van der Waals surface area contributed by atoms with Crippen LogP contribution >= 0.6 is 0 Å². The van der Waals surface area contributed by atoms with Crippen molar-refractivity contribution < 1.29 is 24.2 Å². The molecule has 3 N–H and O–H groups in total. The summed E-state index contributed by atoms with van der Waals surface area (Å²) in [6.45, 7) is 6.25. The van der Waals surface area contributed by atoms with Gasteiger partial charge in [0.15, 0.2) is 0 Å². The van der Waals surface area contributed by atoms with E-state index in [0.717, 1.165) is 5.56 Å². The first-order chi connectivity index (χ1) is 12.8. The average Bonchev–Trinajstić information content (AvgIpc) is 2.64. The molecule has 1 aromatic carbocycles. The maximum absolute atomic E-state index is 12.7. The number of aliphatic carboxylic acids is 1. The lowest BCUT2D eigenvalue weighted by atomic mass is 9.80. The van der Waals surface area contributed by atoms with Crippen LogP contribution in [0.25, 0.3) is 0 Å². The normalized spacial score (nSPS) is 17.2. The van der Waals surface area contributed by atoms with Crippen LogP contribution in [0.1, 0.15) is 42.6 Å². The molecule has 2 rings (SSSR count). The van der Waals surface area contributed by atoms with Gasteiger partial charge in [0.05, 0.1) is 5.41 Å². The van der Waals surface area contributed by atoms with Gasteiger partial charge in [-0.25, -0.2) is 0 Å². The van der Waals surface area contributed by atoms with E-state index in [2.05, 4.69) is 10.6 Å². The summed E-state index contributed by atoms with van der Waals surface area (Å²) in [6.07, 6.45) is 0.703. The highest BCUT2D eigenvalue weighted by Crippen LogP contribution is 2.30. The first-order valence-electron chi connectivity index (χ1n) is 9.22. The van der Waals surface area contributed by atoms with E-state index in [-0.39, 0.29) is 24.3 Å². The number of amides is 2. The summed E-state index contributed by atoms with van der Waals surface area (Å²) in [5.41, 5.74) is 0.322. The first kappa shape index (κ1) is 20.9. The zero-order chi connectivity index (χ0) is 20.0. The lowest BCUT2D eigenvalue weighted by molar-refractivity contribution is -0.154. The molecule has 1 aliphatic heterocycles. The Labute approximate surface area is 159 Å². The Morgan fingerprint density at radius 1 is 1.19 bits per heavy atom. The number of carboxylic acid groups (broad SMARTS) is 1. The van der Waals surface area contributed by atoms with Crippen LogP contribution in [-0.2, 0) is 14.3 Å². The molecule has 0 radical (unpaired) electrons. The molecule has 1 aliphatic rings. The van der Waals surface area contributed by atoms with E-state index in [4.69, 9.17) is 4.74 Å². The Bertz CT molecular complexity index is 695. The molecule has 1 fully saturated rings. The fraction of sp³-hybridized carbons (Fsp3) is 0.550. The lowest BCUT2D eigenvalue weighted by Crippen LogP contribution is -2.53. The minimum absolute atomic E-state index is 0.0218. The Morgan fingerprint density at radius 3 is 2.37 bits per heavy atom. The number of benzene rings is 1. The Balaban J connectivity index is 2.05. The molecule has 7 heteroatoms. The molecule has 0 spiro atoms. The van der Waals surface area contributed by atoms with Gasteiger partial charge in [0.25, 0.3) is 5.91 Å². The summed E-state index contributed by atoms with van der Waals surface area (Å²) in [4.78, 5) is 37.0. The second kappa shape index (κ2) is 8.99. The van der Waals surface area contributed by atoms with Crippen molar-refractivity contribution in [2.75, 3.05) is 19.8 Å². The van der Waals surface area contributed by atoms with Crippen LogP contribution in [0, 0.1) is 18.3 Å². The highest BCUT2D eigenvalue weighted by Gasteiger charge is 2.41. The molecular formula is C20H28N2O5. The van der Waals surface area contributed by atoms with Crippen LogP contribution in [0.5, 0.6) is 0 Å². The van der Waals surface area contributed by atoms with Crippen molar-refractivity contribution in [2.45, 2.75) is 39.7 Å². The molecule has 0 saturated carbocycles. The Hall–Kier alpha value is -2.41. The van der Waals surface area contributed by atoms with E-state index in [1.54, 1.807) is 12.1 Å².